The molecule has 1 rings (SSSR count). The summed E-state index contributed by atoms with van der Waals surface area (Å²) in [6.45, 7) is 6.98. The van der Waals surface area contributed by atoms with Crippen molar-refractivity contribution in [3.8, 4) is 5.75 Å². The van der Waals surface area contributed by atoms with Crippen molar-refractivity contribution >= 4 is 0 Å². The molecule has 0 fully saturated rings. The normalized spacial score (nSPS) is 9.31. The molecule has 0 atom stereocenters. The molecule has 1 aromatic rings. The number of halogens is 1. The highest BCUT2D eigenvalue weighted by Crippen LogP contribution is 2.19. The minimum atomic E-state index is -0.291. The van der Waals surface area contributed by atoms with Crippen molar-refractivity contribution in [3.05, 3.63) is 41.0 Å². The van der Waals surface area contributed by atoms with E-state index < -0.39 is 0 Å². The molecular weight excluding hydrogens is 169 g/mol. The molecule has 1 aromatic carbocycles. The summed E-state index contributed by atoms with van der Waals surface area (Å²) < 4.78 is 17.8. The summed E-state index contributed by atoms with van der Waals surface area (Å²) in [6.07, 6.45) is 0.532. The Kier molecular flexibility index (Phi) is 3.27. The third-order valence-electron chi connectivity index (χ3n) is 1.74. The minimum absolute atomic E-state index is 0.291. The van der Waals surface area contributed by atoms with Crippen LogP contribution in [-0.2, 0) is 6.42 Å². The molecule has 0 N–H and O–H groups in total. The first-order chi connectivity index (χ1) is 6.27. The van der Waals surface area contributed by atoms with Crippen molar-refractivity contribution in [3.63, 3.8) is 0 Å². The quantitative estimate of drug-likeness (QED) is 0.649. The van der Waals surface area contributed by atoms with Gasteiger partial charge in [0, 0.05) is 12.0 Å². The van der Waals surface area contributed by atoms with Gasteiger partial charge in [-0.1, -0.05) is 0 Å². The smallest absolute Gasteiger partial charge is 0.218 e. The van der Waals surface area contributed by atoms with E-state index in [1.54, 1.807) is 6.07 Å². The maximum atomic E-state index is 12.8. The van der Waals surface area contributed by atoms with Gasteiger partial charge in [-0.3, -0.25) is 0 Å². The molecule has 3 heteroatoms. The van der Waals surface area contributed by atoms with Gasteiger partial charge in [0.2, 0.25) is 6.54 Å². The van der Waals surface area contributed by atoms with Crippen LogP contribution in [0.4, 0.5) is 4.39 Å². The molecule has 68 valence electrons. The maximum absolute atomic E-state index is 12.8. The lowest BCUT2D eigenvalue weighted by Crippen LogP contribution is -1.94. The van der Waals surface area contributed by atoms with Crippen LogP contribution < -0.4 is 4.74 Å². The number of hydrogen-bond donors (Lipinski definition) is 0. The van der Waals surface area contributed by atoms with Crippen molar-refractivity contribution in [2.45, 2.75) is 6.42 Å². The maximum Gasteiger partial charge on any atom is 0.218 e. The topological polar surface area (TPSA) is 13.6 Å². The summed E-state index contributed by atoms with van der Waals surface area (Å²) in [5.74, 6) is 0.353. The van der Waals surface area contributed by atoms with Crippen molar-refractivity contribution in [1.29, 1.82) is 0 Å². The first-order valence-electron chi connectivity index (χ1n) is 3.93. The van der Waals surface area contributed by atoms with Crippen LogP contribution in [0, 0.1) is 12.4 Å². The van der Waals surface area contributed by atoms with Gasteiger partial charge in [0.1, 0.15) is 11.6 Å². The van der Waals surface area contributed by atoms with Gasteiger partial charge in [0.15, 0.2) is 0 Å². The lowest BCUT2D eigenvalue weighted by Gasteiger charge is -2.05. The fourth-order valence-corrected chi connectivity index (χ4v) is 1.12. The van der Waals surface area contributed by atoms with E-state index in [1.165, 1.54) is 19.2 Å². The Balaban J connectivity index is 2.89. The van der Waals surface area contributed by atoms with E-state index in [0.29, 0.717) is 18.7 Å². The van der Waals surface area contributed by atoms with Crippen molar-refractivity contribution in [2.24, 2.45) is 0 Å². The first-order valence-corrected chi connectivity index (χ1v) is 3.93. The van der Waals surface area contributed by atoms with Crippen LogP contribution in [0.25, 0.3) is 4.85 Å². The van der Waals surface area contributed by atoms with Gasteiger partial charge in [-0.25, -0.2) is 11.0 Å². The van der Waals surface area contributed by atoms with Crippen molar-refractivity contribution in [2.75, 3.05) is 13.7 Å². The Bertz CT molecular complexity index is 330. The van der Waals surface area contributed by atoms with Crippen molar-refractivity contribution < 1.29 is 9.13 Å². The Morgan fingerprint density at radius 1 is 1.54 bits per heavy atom. The molecule has 0 radical (unpaired) electrons. The van der Waals surface area contributed by atoms with Crippen LogP contribution >= 0.6 is 0 Å². The molecule has 0 aromatic heterocycles. The standard InChI is InChI=1S/C10H10FNO/c1-12-6-5-8-7-9(11)3-4-10(8)13-2/h3-4,7H,5-6H2,2H3. The second-order valence-corrected chi connectivity index (χ2v) is 2.59. The first kappa shape index (κ1) is 9.53. The fourth-order valence-electron chi connectivity index (χ4n) is 1.12. The van der Waals surface area contributed by atoms with Crippen LogP contribution in [0.2, 0.25) is 0 Å². The predicted octanol–water partition coefficient (Wildman–Crippen LogP) is 2.30. The second kappa shape index (κ2) is 4.46. The van der Waals surface area contributed by atoms with Crippen LogP contribution in [-0.4, -0.2) is 13.7 Å². The van der Waals surface area contributed by atoms with Gasteiger partial charge < -0.3 is 9.58 Å². The number of hydrogen-bond acceptors (Lipinski definition) is 1. The van der Waals surface area contributed by atoms with E-state index in [0.717, 1.165) is 5.56 Å². The Hall–Kier alpha value is -1.56. The molecule has 2 nitrogen and oxygen atoms in total. The Morgan fingerprint density at radius 3 is 2.92 bits per heavy atom. The number of methoxy groups -OCH3 is 1. The third kappa shape index (κ3) is 2.45. The zero-order valence-electron chi connectivity index (χ0n) is 7.38. The van der Waals surface area contributed by atoms with E-state index in [1.807, 2.05) is 0 Å². The molecule has 0 aliphatic carbocycles. The zero-order chi connectivity index (χ0) is 9.68. The number of nitrogens with zero attached hydrogens (tertiary/aromatic N) is 1. The van der Waals surface area contributed by atoms with E-state index in [2.05, 4.69) is 4.85 Å². The summed E-state index contributed by atoms with van der Waals surface area (Å²) in [7, 11) is 1.54. The molecule has 0 aliphatic heterocycles. The van der Waals surface area contributed by atoms with E-state index in [-0.39, 0.29) is 5.82 Å². The number of ether oxygens (including phenoxy) is 1. The second-order valence-electron chi connectivity index (χ2n) is 2.59. The fraction of sp³-hybridized carbons (Fsp3) is 0.300. The van der Waals surface area contributed by atoms with Gasteiger partial charge in [0.25, 0.3) is 0 Å². The summed E-state index contributed by atoms with van der Waals surface area (Å²) in [6, 6.07) is 4.33. The van der Waals surface area contributed by atoms with Crippen LogP contribution in [0.1, 0.15) is 5.56 Å². The molecular formula is C10H10FNO. The lowest BCUT2D eigenvalue weighted by atomic mass is 10.1. The summed E-state index contributed by atoms with van der Waals surface area (Å²) >= 11 is 0. The van der Waals surface area contributed by atoms with Crippen LogP contribution in [0.15, 0.2) is 18.2 Å². The molecule has 0 saturated heterocycles. The molecule has 0 heterocycles. The van der Waals surface area contributed by atoms with Crippen molar-refractivity contribution in [1.82, 2.24) is 0 Å². The van der Waals surface area contributed by atoms with Gasteiger partial charge in [0.05, 0.1) is 7.11 Å². The monoisotopic (exact) mass is 179 g/mol. The van der Waals surface area contributed by atoms with Gasteiger partial charge in [-0.2, -0.15) is 0 Å². The molecule has 0 saturated carbocycles. The molecule has 0 aliphatic rings. The minimum Gasteiger partial charge on any atom is -0.496 e. The average Bonchev–Trinajstić information content (AvgIpc) is 2.15. The third-order valence-corrected chi connectivity index (χ3v) is 1.74. The molecule has 0 bridgehead atoms. The molecule has 13 heavy (non-hydrogen) atoms. The van der Waals surface area contributed by atoms with Gasteiger partial charge in [-0.15, -0.1) is 0 Å². The van der Waals surface area contributed by atoms with Crippen LogP contribution in [0.3, 0.4) is 0 Å². The zero-order valence-corrected chi connectivity index (χ0v) is 7.38. The van der Waals surface area contributed by atoms with Gasteiger partial charge >= 0.3 is 0 Å². The SMILES string of the molecule is [C-]#[N+]CCc1cc(F)ccc1OC. The molecule has 0 spiro atoms. The lowest BCUT2D eigenvalue weighted by molar-refractivity contribution is 0.408. The summed E-state index contributed by atoms with van der Waals surface area (Å²) in [4.78, 5) is 3.21. The Labute approximate surface area is 76.8 Å². The number of benzene rings is 1. The Morgan fingerprint density at radius 2 is 2.31 bits per heavy atom. The summed E-state index contributed by atoms with van der Waals surface area (Å²) in [5.41, 5.74) is 0.749. The average molecular weight is 179 g/mol. The van der Waals surface area contributed by atoms with Crippen LogP contribution in [0.5, 0.6) is 5.75 Å². The van der Waals surface area contributed by atoms with E-state index in [9.17, 15) is 4.39 Å². The molecule has 0 amide bonds. The predicted molar refractivity (Wildman–Crippen MR) is 48.1 cm³/mol. The van der Waals surface area contributed by atoms with E-state index in [4.69, 9.17) is 11.3 Å². The largest absolute Gasteiger partial charge is 0.496 e. The number of rotatable bonds is 3. The van der Waals surface area contributed by atoms with Gasteiger partial charge in [-0.05, 0) is 18.2 Å². The summed E-state index contributed by atoms with van der Waals surface area (Å²) in [5, 5.41) is 0. The highest BCUT2D eigenvalue weighted by atomic mass is 19.1. The highest BCUT2D eigenvalue weighted by molar-refractivity contribution is 5.34. The highest BCUT2D eigenvalue weighted by Gasteiger charge is 2.04. The molecule has 0 unspecified atom stereocenters. The van der Waals surface area contributed by atoms with E-state index >= 15 is 0 Å².